The lowest BCUT2D eigenvalue weighted by Crippen LogP contribution is -2.44. The lowest BCUT2D eigenvalue weighted by Gasteiger charge is -2.14. The monoisotopic (exact) mass is 448 g/mol. The highest BCUT2D eigenvalue weighted by atomic mass is 32.2. The number of nitrogens with one attached hydrogen (secondary N) is 2. The number of carbonyl (C=O) groups is 2. The third kappa shape index (κ3) is 4.60. The van der Waals surface area contributed by atoms with Crippen LogP contribution in [0.2, 0.25) is 0 Å². The zero-order valence-corrected chi connectivity index (χ0v) is 16.2. The summed E-state index contributed by atoms with van der Waals surface area (Å²) < 4.78 is 63.7. The van der Waals surface area contributed by atoms with Gasteiger partial charge in [0.2, 0.25) is 0 Å². The molecule has 0 saturated heterocycles. The van der Waals surface area contributed by atoms with Crippen LogP contribution in [-0.2, 0) is 14.8 Å². The van der Waals surface area contributed by atoms with E-state index in [1.807, 2.05) is 0 Å². The number of alkyl halides is 3. The summed E-state index contributed by atoms with van der Waals surface area (Å²) in [6.45, 7) is -1.55. The van der Waals surface area contributed by atoms with E-state index in [-0.39, 0.29) is 15.5 Å². The van der Waals surface area contributed by atoms with Crippen molar-refractivity contribution in [1.29, 1.82) is 0 Å². The predicted molar refractivity (Wildman–Crippen MR) is 97.2 cm³/mol. The first-order valence-electron chi connectivity index (χ1n) is 8.22. The van der Waals surface area contributed by atoms with Crippen LogP contribution in [0.4, 0.5) is 13.2 Å². The van der Waals surface area contributed by atoms with Crippen LogP contribution in [0.3, 0.4) is 0 Å². The maximum atomic E-state index is 12.6. The molecule has 0 spiro atoms. The number of carboxylic acids is 1. The van der Waals surface area contributed by atoms with Gasteiger partial charge in [-0.3, -0.25) is 9.59 Å². The van der Waals surface area contributed by atoms with Crippen LogP contribution < -0.4 is 10.0 Å². The molecule has 0 unspecified atom stereocenters. The second kappa shape index (κ2) is 7.43. The van der Waals surface area contributed by atoms with Crippen molar-refractivity contribution >= 4 is 33.2 Å². The number of aliphatic carboxylic acids is 1. The van der Waals surface area contributed by atoms with E-state index in [4.69, 9.17) is 0 Å². The predicted octanol–water partition coefficient (Wildman–Crippen LogP) is 2.33. The molecule has 2 atom stereocenters. The van der Waals surface area contributed by atoms with E-state index >= 15 is 0 Å². The molecule has 156 valence electrons. The van der Waals surface area contributed by atoms with Crippen LogP contribution in [0.5, 0.6) is 0 Å². The molecule has 1 heterocycles. The van der Waals surface area contributed by atoms with Gasteiger partial charge in [-0.25, -0.2) is 8.42 Å². The largest absolute Gasteiger partial charge is 0.480 e. The van der Waals surface area contributed by atoms with Crippen molar-refractivity contribution in [1.82, 2.24) is 10.0 Å². The van der Waals surface area contributed by atoms with Crippen molar-refractivity contribution in [3.05, 3.63) is 52.9 Å². The Kier molecular flexibility index (Phi) is 5.45. The summed E-state index contributed by atoms with van der Waals surface area (Å²) in [5, 5.41) is 11.2. The highest BCUT2D eigenvalue weighted by molar-refractivity contribution is 7.91. The second-order valence-electron chi connectivity index (χ2n) is 6.47. The van der Waals surface area contributed by atoms with Crippen molar-refractivity contribution in [3.63, 3.8) is 0 Å². The molecule has 3 rings (SSSR count). The molecule has 7 nitrogen and oxygen atoms in total. The fourth-order valence-electron chi connectivity index (χ4n) is 2.89. The number of benzene rings is 1. The average Bonchev–Trinajstić information content (AvgIpc) is 3.13. The number of hydrogen-bond acceptors (Lipinski definition) is 5. The average molecular weight is 448 g/mol. The summed E-state index contributed by atoms with van der Waals surface area (Å²) in [6.07, 6.45) is -4.55. The molecule has 1 aromatic heterocycles. The standard InChI is InChI=1S/C17H15F3N2O5S2/c18-17(19,20)9-21-14(23)12-6-7-13(28-12)29(26,27)22-16(15(24)25)8-11(16)10-4-2-1-3-5-10/h1-7,11,22H,8-9H2,(H,21,23)(H,24,25)/t11-,16+/m0/s1. The molecule has 1 fully saturated rings. The van der Waals surface area contributed by atoms with Gasteiger partial charge in [-0.05, 0) is 24.1 Å². The van der Waals surface area contributed by atoms with Crippen molar-refractivity contribution in [3.8, 4) is 0 Å². The number of carboxylic acid groups (broad SMARTS) is 1. The highest BCUT2D eigenvalue weighted by Crippen LogP contribution is 2.52. The van der Waals surface area contributed by atoms with E-state index in [2.05, 4.69) is 4.72 Å². The van der Waals surface area contributed by atoms with E-state index in [9.17, 15) is 36.3 Å². The van der Waals surface area contributed by atoms with Gasteiger partial charge in [0.25, 0.3) is 15.9 Å². The summed E-state index contributed by atoms with van der Waals surface area (Å²) in [6, 6.07) is 10.7. The van der Waals surface area contributed by atoms with Crippen LogP contribution in [0, 0.1) is 0 Å². The van der Waals surface area contributed by atoms with Gasteiger partial charge in [-0.1, -0.05) is 30.3 Å². The second-order valence-corrected chi connectivity index (χ2v) is 9.46. The number of halogens is 3. The van der Waals surface area contributed by atoms with Crippen LogP contribution >= 0.6 is 11.3 Å². The van der Waals surface area contributed by atoms with Crippen molar-refractivity contribution in [2.24, 2.45) is 0 Å². The summed E-state index contributed by atoms with van der Waals surface area (Å²) in [5.74, 6) is -2.98. The van der Waals surface area contributed by atoms with E-state index in [1.165, 1.54) is 0 Å². The van der Waals surface area contributed by atoms with E-state index in [0.717, 1.165) is 12.1 Å². The van der Waals surface area contributed by atoms with Crippen molar-refractivity contribution in [2.45, 2.75) is 28.3 Å². The third-order valence-electron chi connectivity index (χ3n) is 4.38. The number of carbonyl (C=O) groups excluding carboxylic acids is 1. The molecule has 29 heavy (non-hydrogen) atoms. The maximum Gasteiger partial charge on any atom is 0.405 e. The number of amides is 1. The van der Waals surface area contributed by atoms with Crippen molar-refractivity contribution < 1.29 is 36.3 Å². The fraction of sp³-hybridized carbons (Fsp3) is 0.294. The van der Waals surface area contributed by atoms with Crippen LogP contribution in [0.25, 0.3) is 0 Å². The number of sulfonamides is 1. The molecule has 3 N–H and O–H groups in total. The Hall–Kier alpha value is -2.44. The Morgan fingerprint density at radius 1 is 1.17 bits per heavy atom. The van der Waals surface area contributed by atoms with Gasteiger partial charge >= 0.3 is 12.1 Å². The van der Waals surface area contributed by atoms with Gasteiger partial charge in [0.15, 0.2) is 0 Å². The molecule has 1 aliphatic rings. The molecular weight excluding hydrogens is 433 g/mol. The van der Waals surface area contributed by atoms with Gasteiger partial charge in [0, 0.05) is 5.92 Å². The summed E-state index contributed by atoms with van der Waals surface area (Å²) in [5.41, 5.74) is -1.06. The Bertz CT molecular complexity index is 1040. The lowest BCUT2D eigenvalue weighted by atomic mass is 10.1. The Balaban J connectivity index is 1.77. The Labute approximate surface area is 167 Å². The number of thiophene rings is 1. The molecule has 0 aliphatic heterocycles. The van der Waals surface area contributed by atoms with E-state index in [0.29, 0.717) is 16.9 Å². The smallest absolute Gasteiger partial charge is 0.405 e. The van der Waals surface area contributed by atoms with Gasteiger partial charge in [0.05, 0.1) is 4.88 Å². The van der Waals surface area contributed by atoms with Crippen LogP contribution in [0.15, 0.2) is 46.7 Å². The summed E-state index contributed by atoms with van der Waals surface area (Å²) >= 11 is 0.453. The molecule has 1 saturated carbocycles. The Morgan fingerprint density at radius 2 is 1.83 bits per heavy atom. The minimum atomic E-state index is -4.60. The van der Waals surface area contributed by atoms with Gasteiger partial charge in [-0.15, -0.1) is 11.3 Å². The molecule has 2 aromatic rings. The molecule has 1 amide bonds. The zero-order chi connectivity index (χ0) is 21.4. The Morgan fingerprint density at radius 3 is 2.41 bits per heavy atom. The van der Waals surface area contributed by atoms with E-state index < -0.39 is 46.1 Å². The lowest BCUT2D eigenvalue weighted by molar-refractivity contribution is -0.140. The quantitative estimate of drug-likeness (QED) is 0.602. The number of hydrogen-bond donors (Lipinski definition) is 3. The molecule has 1 aliphatic carbocycles. The fourth-order valence-corrected chi connectivity index (χ4v) is 5.52. The number of rotatable bonds is 7. The van der Waals surface area contributed by atoms with Crippen LogP contribution in [-0.4, -0.2) is 43.7 Å². The zero-order valence-electron chi connectivity index (χ0n) is 14.6. The normalized spacial score (nSPS) is 21.6. The van der Waals surface area contributed by atoms with Gasteiger partial charge in [-0.2, -0.15) is 17.9 Å². The first-order valence-corrected chi connectivity index (χ1v) is 10.5. The van der Waals surface area contributed by atoms with E-state index in [1.54, 1.807) is 35.6 Å². The summed E-state index contributed by atoms with van der Waals surface area (Å²) in [4.78, 5) is 23.3. The molecule has 12 heteroatoms. The minimum Gasteiger partial charge on any atom is -0.480 e. The molecule has 1 aromatic carbocycles. The maximum absolute atomic E-state index is 12.6. The molecular formula is C17H15F3N2O5S2. The first-order chi connectivity index (χ1) is 13.4. The third-order valence-corrected chi connectivity index (χ3v) is 7.47. The topological polar surface area (TPSA) is 113 Å². The SMILES string of the molecule is O=C(NCC(F)(F)F)c1ccc(S(=O)(=O)N[C@]2(C(=O)O)C[C@H]2c2ccccc2)s1. The summed E-state index contributed by atoms with van der Waals surface area (Å²) in [7, 11) is -4.31. The first kappa shape index (κ1) is 21.3. The molecule has 0 radical (unpaired) electrons. The van der Waals surface area contributed by atoms with Crippen LogP contribution in [0.1, 0.15) is 27.6 Å². The van der Waals surface area contributed by atoms with Crippen molar-refractivity contribution in [2.75, 3.05) is 6.54 Å². The minimum absolute atomic E-state index is 0.0515. The van der Waals surface area contributed by atoms with Gasteiger partial charge in [0.1, 0.15) is 16.3 Å². The molecule has 0 bridgehead atoms. The van der Waals surface area contributed by atoms with Gasteiger partial charge < -0.3 is 10.4 Å². The highest BCUT2D eigenvalue weighted by Gasteiger charge is 2.63.